The van der Waals surface area contributed by atoms with Gasteiger partial charge in [-0.2, -0.15) is 4.98 Å². The van der Waals surface area contributed by atoms with Gasteiger partial charge in [-0.15, -0.1) is 0 Å². The Kier molecular flexibility index (Phi) is 4.92. The maximum Gasteiger partial charge on any atom is 0.329 e. The van der Waals surface area contributed by atoms with Crippen LogP contribution in [0.15, 0.2) is 51.6 Å². The summed E-state index contributed by atoms with van der Waals surface area (Å²) in [6, 6.07) is 10.3. The zero-order valence-electron chi connectivity index (χ0n) is 15.3. The van der Waals surface area contributed by atoms with Crippen LogP contribution in [0.4, 0.5) is 0 Å². The van der Waals surface area contributed by atoms with E-state index in [0.29, 0.717) is 18.8 Å². The van der Waals surface area contributed by atoms with E-state index in [0.717, 1.165) is 17.5 Å². The van der Waals surface area contributed by atoms with Crippen molar-refractivity contribution < 1.29 is 23.3 Å². The molecule has 0 bridgehead atoms. The van der Waals surface area contributed by atoms with E-state index >= 15 is 0 Å². The lowest BCUT2D eigenvalue weighted by Gasteiger charge is -2.21. The molecule has 144 valence electrons. The third kappa shape index (κ3) is 3.66. The van der Waals surface area contributed by atoms with Gasteiger partial charge in [0.05, 0.1) is 6.26 Å². The van der Waals surface area contributed by atoms with Crippen LogP contribution in [0.2, 0.25) is 0 Å². The Bertz CT molecular complexity index is 962. The first-order chi connectivity index (χ1) is 13.6. The Morgan fingerprint density at radius 1 is 1.25 bits per heavy atom. The van der Waals surface area contributed by atoms with Crippen LogP contribution in [0.5, 0.6) is 0 Å². The molecule has 4 rings (SSSR count). The monoisotopic (exact) mass is 381 g/mol. The van der Waals surface area contributed by atoms with Crippen molar-refractivity contribution in [3.8, 4) is 11.4 Å². The fourth-order valence-corrected chi connectivity index (χ4v) is 3.16. The molecule has 1 saturated heterocycles. The lowest BCUT2D eigenvalue weighted by atomic mass is 10.1. The average Bonchev–Trinajstić information content (AvgIpc) is 3.47. The first-order valence-electron chi connectivity index (χ1n) is 9.02. The van der Waals surface area contributed by atoms with Crippen LogP contribution in [0.1, 0.15) is 34.9 Å². The van der Waals surface area contributed by atoms with Crippen LogP contribution in [0.3, 0.4) is 0 Å². The Labute approximate surface area is 161 Å². The summed E-state index contributed by atoms with van der Waals surface area (Å²) >= 11 is 0. The number of furan rings is 1. The van der Waals surface area contributed by atoms with E-state index in [-0.39, 0.29) is 24.2 Å². The second kappa shape index (κ2) is 7.67. The Balaban J connectivity index is 1.37. The quantitative estimate of drug-likeness (QED) is 0.627. The number of hydrogen-bond acceptors (Lipinski definition) is 7. The van der Waals surface area contributed by atoms with Gasteiger partial charge in [0, 0.05) is 12.1 Å². The van der Waals surface area contributed by atoms with Crippen LogP contribution < -0.4 is 0 Å². The van der Waals surface area contributed by atoms with Crippen LogP contribution in [0.25, 0.3) is 11.4 Å². The van der Waals surface area contributed by atoms with E-state index in [4.69, 9.17) is 13.7 Å². The minimum Gasteiger partial charge on any atom is -0.459 e. The molecule has 2 aromatic heterocycles. The smallest absolute Gasteiger partial charge is 0.329 e. The number of aromatic nitrogens is 2. The number of ether oxygens (including phenoxy) is 1. The van der Waals surface area contributed by atoms with Crippen LogP contribution in [-0.4, -0.2) is 39.5 Å². The largest absolute Gasteiger partial charge is 0.459 e. The van der Waals surface area contributed by atoms with E-state index in [1.165, 1.54) is 11.2 Å². The first-order valence-corrected chi connectivity index (χ1v) is 9.02. The molecule has 1 aliphatic heterocycles. The van der Waals surface area contributed by atoms with Gasteiger partial charge in [-0.1, -0.05) is 35.0 Å². The minimum absolute atomic E-state index is 0.142. The fourth-order valence-electron chi connectivity index (χ4n) is 3.16. The van der Waals surface area contributed by atoms with Crippen molar-refractivity contribution in [1.29, 1.82) is 0 Å². The molecule has 1 fully saturated rings. The molecule has 0 spiro atoms. The summed E-state index contributed by atoms with van der Waals surface area (Å²) in [7, 11) is 0. The summed E-state index contributed by atoms with van der Waals surface area (Å²) in [5.74, 6) is 0.0307. The summed E-state index contributed by atoms with van der Waals surface area (Å²) in [6.07, 6.45) is 2.70. The van der Waals surface area contributed by atoms with E-state index in [9.17, 15) is 9.59 Å². The van der Waals surface area contributed by atoms with Gasteiger partial charge in [0.15, 0.2) is 12.4 Å². The number of aryl methyl sites for hydroxylation is 1. The van der Waals surface area contributed by atoms with Crippen LogP contribution in [0, 0.1) is 6.92 Å². The van der Waals surface area contributed by atoms with Crippen molar-refractivity contribution in [3.63, 3.8) is 0 Å². The number of benzene rings is 1. The Hall–Kier alpha value is -3.42. The molecule has 0 radical (unpaired) electrons. The van der Waals surface area contributed by atoms with Gasteiger partial charge in [0.1, 0.15) is 6.04 Å². The van der Waals surface area contributed by atoms with E-state index in [1.54, 1.807) is 12.1 Å². The SMILES string of the molecule is Cc1ccc(-c2noc(COC(=O)C3CCCN3C(=O)c3ccco3)n2)cc1. The van der Waals surface area contributed by atoms with E-state index in [1.807, 2.05) is 31.2 Å². The lowest BCUT2D eigenvalue weighted by molar-refractivity contribution is -0.150. The normalized spacial score (nSPS) is 16.3. The highest BCUT2D eigenvalue weighted by molar-refractivity contribution is 5.94. The Morgan fingerprint density at radius 2 is 2.07 bits per heavy atom. The topological polar surface area (TPSA) is 98.7 Å². The number of carbonyl (C=O) groups excluding carboxylic acids is 2. The molecule has 1 amide bonds. The number of carbonyl (C=O) groups is 2. The fraction of sp³-hybridized carbons (Fsp3) is 0.300. The van der Waals surface area contributed by atoms with Gasteiger partial charge in [0.25, 0.3) is 11.8 Å². The second-order valence-electron chi connectivity index (χ2n) is 6.62. The van der Waals surface area contributed by atoms with Crippen molar-refractivity contribution in [1.82, 2.24) is 15.0 Å². The summed E-state index contributed by atoms with van der Waals surface area (Å²) in [5.41, 5.74) is 1.95. The van der Waals surface area contributed by atoms with Gasteiger partial charge in [-0.3, -0.25) is 4.79 Å². The summed E-state index contributed by atoms with van der Waals surface area (Å²) in [4.78, 5) is 30.7. The molecule has 28 heavy (non-hydrogen) atoms. The van der Waals surface area contributed by atoms with Gasteiger partial charge < -0.3 is 18.6 Å². The predicted molar refractivity (Wildman–Crippen MR) is 97.0 cm³/mol. The zero-order chi connectivity index (χ0) is 19.5. The maximum absolute atomic E-state index is 12.5. The lowest BCUT2D eigenvalue weighted by Crippen LogP contribution is -2.41. The number of amides is 1. The highest BCUT2D eigenvalue weighted by Gasteiger charge is 2.36. The van der Waals surface area contributed by atoms with Gasteiger partial charge in [0.2, 0.25) is 5.82 Å². The molecule has 8 nitrogen and oxygen atoms in total. The molecule has 1 atom stereocenters. The standard InChI is InChI=1S/C20H19N3O5/c1-13-6-8-14(9-7-13)18-21-17(28-22-18)12-27-20(25)15-4-2-10-23(15)19(24)16-5-3-11-26-16/h3,5-9,11,15H,2,4,10,12H2,1H3. The number of esters is 1. The second-order valence-corrected chi connectivity index (χ2v) is 6.62. The van der Waals surface area contributed by atoms with E-state index < -0.39 is 12.0 Å². The number of nitrogens with zero attached hydrogens (tertiary/aromatic N) is 3. The molecule has 8 heteroatoms. The minimum atomic E-state index is -0.642. The average molecular weight is 381 g/mol. The van der Waals surface area contributed by atoms with Gasteiger partial charge in [-0.05, 0) is 31.9 Å². The van der Waals surface area contributed by atoms with Crippen molar-refractivity contribution in [2.75, 3.05) is 6.54 Å². The van der Waals surface area contributed by atoms with Gasteiger partial charge in [-0.25, -0.2) is 4.79 Å². The third-order valence-electron chi connectivity index (χ3n) is 4.63. The highest BCUT2D eigenvalue weighted by atomic mass is 16.6. The van der Waals surface area contributed by atoms with Crippen molar-refractivity contribution in [2.24, 2.45) is 0 Å². The van der Waals surface area contributed by atoms with Crippen molar-refractivity contribution >= 4 is 11.9 Å². The molecular formula is C20H19N3O5. The molecule has 3 heterocycles. The third-order valence-corrected chi connectivity index (χ3v) is 4.63. The molecule has 0 N–H and O–H groups in total. The Morgan fingerprint density at radius 3 is 2.82 bits per heavy atom. The summed E-state index contributed by atoms with van der Waals surface area (Å²) < 4.78 is 15.6. The molecule has 3 aromatic rings. The summed E-state index contributed by atoms with van der Waals surface area (Å²) in [6.45, 7) is 2.34. The van der Waals surface area contributed by atoms with Crippen LogP contribution >= 0.6 is 0 Å². The molecular weight excluding hydrogens is 362 g/mol. The van der Waals surface area contributed by atoms with Crippen molar-refractivity contribution in [3.05, 3.63) is 59.9 Å². The molecule has 1 unspecified atom stereocenters. The summed E-state index contributed by atoms with van der Waals surface area (Å²) in [5, 5.41) is 3.91. The molecule has 0 saturated carbocycles. The van der Waals surface area contributed by atoms with Gasteiger partial charge >= 0.3 is 5.97 Å². The molecule has 1 aliphatic rings. The zero-order valence-corrected chi connectivity index (χ0v) is 15.3. The maximum atomic E-state index is 12.5. The number of likely N-dealkylation sites (tertiary alicyclic amines) is 1. The van der Waals surface area contributed by atoms with Crippen molar-refractivity contribution in [2.45, 2.75) is 32.4 Å². The molecule has 1 aromatic carbocycles. The number of hydrogen-bond donors (Lipinski definition) is 0. The number of rotatable bonds is 5. The predicted octanol–water partition coefficient (Wildman–Crippen LogP) is 2.99. The van der Waals surface area contributed by atoms with E-state index in [2.05, 4.69) is 10.1 Å². The first kappa shape index (κ1) is 18.0. The van der Waals surface area contributed by atoms with Crippen LogP contribution in [-0.2, 0) is 16.1 Å². The molecule has 0 aliphatic carbocycles. The highest BCUT2D eigenvalue weighted by Crippen LogP contribution is 2.22.